The number of carbonyl (C=O) groups excluding carboxylic acids is 1. The van der Waals surface area contributed by atoms with Crippen LogP contribution in [0, 0.1) is 5.92 Å². The second-order valence-electron chi connectivity index (χ2n) is 11.8. The number of nitrogens with one attached hydrogen (secondary N) is 1. The van der Waals surface area contributed by atoms with Crippen LogP contribution in [0.15, 0.2) is 102 Å². The number of hydrogen-bond acceptors (Lipinski definition) is 7. The molecule has 1 heterocycles. The predicted molar refractivity (Wildman–Crippen MR) is 180 cm³/mol. The number of amides is 1. The molecule has 2 N–H and O–H groups in total. The van der Waals surface area contributed by atoms with Gasteiger partial charge in [0, 0.05) is 25.6 Å². The van der Waals surface area contributed by atoms with Crippen molar-refractivity contribution in [2.24, 2.45) is 5.92 Å². The zero-order valence-electron chi connectivity index (χ0n) is 26.6. The summed E-state index contributed by atoms with van der Waals surface area (Å²) in [5.41, 5.74) is 3.84. The van der Waals surface area contributed by atoms with Crippen LogP contribution in [-0.2, 0) is 16.6 Å². The number of ether oxygens (including phenoxy) is 2. The first kappa shape index (κ1) is 33.0. The van der Waals surface area contributed by atoms with E-state index in [2.05, 4.69) is 46.0 Å². The Morgan fingerprint density at radius 3 is 2.30 bits per heavy atom. The molecular formula is C36H41N3O6S. The molecule has 0 aliphatic carbocycles. The molecule has 46 heavy (non-hydrogen) atoms. The Morgan fingerprint density at radius 1 is 0.978 bits per heavy atom. The predicted octanol–water partition coefficient (Wildman–Crippen LogP) is 5.52. The van der Waals surface area contributed by atoms with E-state index in [0.29, 0.717) is 25.4 Å². The van der Waals surface area contributed by atoms with Crippen LogP contribution in [0.25, 0.3) is 11.1 Å². The first-order valence-electron chi connectivity index (χ1n) is 15.3. The molecule has 1 aliphatic rings. The first-order chi connectivity index (χ1) is 22.1. The molecule has 242 valence electrons. The van der Waals surface area contributed by atoms with Crippen molar-refractivity contribution in [2.75, 3.05) is 38.6 Å². The van der Waals surface area contributed by atoms with E-state index in [1.165, 1.54) is 19.2 Å². The molecule has 1 amide bonds. The van der Waals surface area contributed by atoms with Gasteiger partial charge in [0.2, 0.25) is 0 Å². The van der Waals surface area contributed by atoms with Gasteiger partial charge < -0.3 is 19.5 Å². The van der Waals surface area contributed by atoms with E-state index in [1.54, 1.807) is 42.2 Å². The molecule has 0 bridgehead atoms. The number of sulfonamides is 1. The third kappa shape index (κ3) is 7.52. The lowest BCUT2D eigenvalue weighted by Gasteiger charge is -2.38. The Bertz CT molecular complexity index is 1730. The molecule has 5 rings (SSSR count). The zero-order chi connectivity index (χ0) is 32.8. The highest BCUT2D eigenvalue weighted by molar-refractivity contribution is 7.92. The van der Waals surface area contributed by atoms with E-state index in [1.807, 2.05) is 32.2 Å². The topological polar surface area (TPSA) is 108 Å². The van der Waals surface area contributed by atoms with Crippen molar-refractivity contribution in [3.63, 3.8) is 0 Å². The molecule has 0 aromatic heterocycles. The Morgan fingerprint density at radius 2 is 1.65 bits per heavy atom. The quantitative estimate of drug-likeness (QED) is 0.222. The van der Waals surface area contributed by atoms with Gasteiger partial charge in [-0.25, -0.2) is 8.42 Å². The fraction of sp³-hybridized carbons (Fsp3) is 0.306. The molecule has 9 nitrogen and oxygen atoms in total. The number of para-hydroxylation sites is 1. The van der Waals surface area contributed by atoms with E-state index < -0.39 is 22.2 Å². The number of fused-ring (bicyclic) bond motifs is 1. The summed E-state index contributed by atoms with van der Waals surface area (Å²) in [5, 5.41) is 10.0. The van der Waals surface area contributed by atoms with Crippen LogP contribution in [-0.4, -0.2) is 75.2 Å². The first-order valence-corrected chi connectivity index (χ1v) is 16.8. The lowest BCUT2D eigenvalue weighted by molar-refractivity contribution is 0.0344. The van der Waals surface area contributed by atoms with Crippen molar-refractivity contribution in [3.8, 4) is 22.6 Å². The van der Waals surface area contributed by atoms with Gasteiger partial charge in [-0.15, -0.1) is 0 Å². The Labute approximate surface area is 271 Å². The monoisotopic (exact) mass is 643 g/mol. The van der Waals surface area contributed by atoms with Gasteiger partial charge in [-0.2, -0.15) is 0 Å². The van der Waals surface area contributed by atoms with E-state index in [-0.39, 0.29) is 40.3 Å². The van der Waals surface area contributed by atoms with Gasteiger partial charge in [-0.05, 0) is 67.1 Å². The Kier molecular flexibility index (Phi) is 10.3. The van der Waals surface area contributed by atoms with Gasteiger partial charge in [0.1, 0.15) is 11.9 Å². The van der Waals surface area contributed by atoms with E-state index in [0.717, 1.165) is 16.7 Å². The van der Waals surface area contributed by atoms with Crippen LogP contribution >= 0.6 is 0 Å². The van der Waals surface area contributed by atoms with Crippen LogP contribution in [0.5, 0.6) is 11.5 Å². The number of aliphatic hydroxyl groups excluding tert-OH is 1. The maximum Gasteiger partial charge on any atom is 0.262 e. The minimum Gasteiger partial charge on any atom is -0.497 e. The second-order valence-corrected chi connectivity index (χ2v) is 13.5. The average Bonchev–Trinajstić information content (AvgIpc) is 3.07. The number of rotatable bonds is 11. The lowest BCUT2D eigenvalue weighted by Crippen LogP contribution is -2.49. The highest BCUT2D eigenvalue weighted by Crippen LogP contribution is 2.36. The van der Waals surface area contributed by atoms with Gasteiger partial charge in [-0.1, -0.05) is 67.6 Å². The number of benzene rings is 4. The minimum absolute atomic E-state index is 0.0431. The van der Waals surface area contributed by atoms with Gasteiger partial charge in [0.05, 0.1) is 35.9 Å². The van der Waals surface area contributed by atoms with Crippen LogP contribution in [0.1, 0.15) is 29.8 Å². The van der Waals surface area contributed by atoms with Crippen molar-refractivity contribution in [2.45, 2.75) is 37.4 Å². The molecule has 0 radical (unpaired) electrons. The van der Waals surface area contributed by atoms with Crippen LogP contribution in [0.4, 0.5) is 5.69 Å². The van der Waals surface area contributed by atoms with Crippen molar-refractivity contribution in [3.05, 3.63) is 108 Å². The molecule has 0 spiro atoms. The third-order valence-corrected chi connectivity index (χ3v) is 9.69. The summed E-state index contributed by atoms with van der Waals surface area (Å²) in [4.78, 5) is 17.7. The molecule has 0 saturated heterocycles. The molecule has 3 atom stereocenters. The van der Waals surface area contributed by atoms with Crippen molar-refractivity contribution in [1.82, 2.24) is 9.80 Å². The van der Waals surface area contributed by atoms with E-state index >= 15 is 0 Å². The lowest BCUT2D eigenvalue weighted by atomic mass is 9.98. The summed E-state index contributed by atoms with van der Waals surface area (Å²) < 4.78 is 41.3. The number of likely N-dealkylation sites (N-methyl/N-ethyl adjacent to an activating group) is 1. The molecular weight excluding hydrogens is 602 g/mol. The number of aliphatic hydroxyl groups is 1. The van der Waals surface area contributed by atoms with Gasteiger partial charge in [-0.3, -0.25) is 14.4 Å². The summed E-state index contributed by atoms with van der Waals surface area (Å²) in [6.45, 7) is 5.13. The second kappa shape index (κ2) is 14.4. The van der Waals surface area contributed by atoms with E-state index in [4.69, 9.17) is 9.47 Å². The maximum absolute atomic E-state index is 13.8. The average molecular weight is 644 g/mol. The van der Waals surface area contributed by atoms with Crippen molar-refractivity contribution < 1.29 is 27.8 Å². The number of carbonyl (C=O) groups is 1. The molecule has 4 aromatic rings. The largest absolute Gasteiger partial charge is 0.497 e. The summed E-state index contributed by atoms with van der Waals surface area (Å²) in [6.07, 6.45) is -0.402. The fourth-order valence-corrected chi connectivity index (χ4v) is 6.68. The molecule has 0 fully saturated rings. The van der Waals surface area contributed by atoms with Gasteiger partial charge >= 0.3 is 0 Å². The van der Waals surface area contributed by atoms with Crippen LogP contribution in [0.3, 0.4) is 0 Å². The molecule has 10 heteroatoms. The maximum atomic E-state index is 13.8. The highest BCUT2D eigenvalue weighted by Gasteiger charge is 2.35. The summed E-state index contributed by atoms with van der Waals surface area (Å²) in [5.74, 6) is 0.222. The smallest absolute Gasteiger partial charge is 0.262 e. The number of anilines is 1. The fourth-order valence-electron chi connectivity index (χ4n) is 5.62. The van der Waals surface area contributed by atoms with Crippen molar-refractivity contribution >= 4 is 21.6 Å². The summed E-state index contributed by atoms with van der Waals surface area (Å²) >= 11 is 0. The number of methoxy groups -OCH3 is 1. The molecule has 1 aliphatic heterocycles. The number of nitrogens with zero attached hydrogens (tertiary/aromatic N) is 2. The number of hydrogen-bond donors (Lipinski definition) is 2. The zero-order valence-corrected chi connectivity index (χ0v) is 27.4. The van der Waals surface area contributed by atoms with Gasteiger partial charge in [0.25, 0.3) is 15.9 Å². The summed E-state index contributed by atoms with van der Waals surface area (Å²) in [7, 11) is -0.503. The Balaban J connectivity index is 1.42. The normalized spacial score (nSPS) is 17.4. The van der Waals surface area contributed by atoms with Gasteiger partial charge in [0.15, 0.2) is 5.75 Å². The highest BCUT2D eigenvalue weighted by atomic mass is 32.2. The van der Waals surface area contributed by atoms with Crippen LogP contribution < -0.4 is 14.2 Å². The van der Waals surface area contributed by atoms with Crippen molar-refractivity contribution in [1.29, 1.82) is 0 Å². The standard InChI is InChI=1S/C36H41N3O6S/c1-25-21-39(26(2)24-40)36(41)32-11-8-12-33(37-46(42,43)31-19-17-30(44-4)18-20-31)35(32)45-34(25)23-38(3)22-27-13-15-29(16-14-27)28-9-6-5-7-10-28/h5-20,25-26,34,37,40H,21-24H2,1-4H3/t25-,26-,34+/m1/s1. The summed E-state index contributed by atoms with van der Waals surface area (Å²) in [6, 6.07) is 29.1. The molecule has 0 unspecified atom stereocenters. The van der Waals surface area contributed by atoms with E-state index in [9.17, 15) is 18.3 Å². The third-order valence-electron chi connectivity index (χ3n) is 8.31. The SMILES string of the molecule is COc1ccc(S(=O)(=O)Nc2cccc3c2O[C@@H](CN(C)Cc2ccc(-c4ccccc4)cc2)[C@H](C)CN([C@H](C)CO)C3=O)cc1. The molecule has 4 aromatic carbocycles. The van der Waals surface area contributed by atoms with Crippen LogP contribution in [0.2, 0.25) is 0 Å². The Hall–Kier alpha value is -4.38. The minimum atomic E-state index is -4.02. The molecule has 0 saturated carbocycles.